The molecule has 4 aromatic carbocycles. The van der Waals surface area contributed by atoms with Crippen LogP contribution < -0.4 is 9.47 Å². The first-order valence-electron chi connectivity index (χ1n) is 16.4. The lowest BCUT2D eigenvalue weighted by atomic mass is 10.00. The highest BCUT2D eigenvalue weighted by Gasteiger charge is 2.28. The molecule has 1 amide bonds. The second kappa shape index (κ2) is 13.9. The van der Waals surface area contributed by atoms with Gasteiger partial charge in [-0.3, -0.25) is 0 Å². The summed E-state index contributed by atoms with van der Waals surface area (Å²) in [7, 11) is 1.35. The average molecular weight is 661 g/mol. The second-order valence-electron chi connectivity index (χ2n) is 13.2. The first-order chi connectivity index (χ1) is 23.5. The minimum Gasteiger partial charge on any atom is -0.486 e. The van der Waals surface area contributed by atoms with Crippen LogP contribution in [0.1, 0.15) is 66.5 Å². The van der Waals surface area contributed by atoms with Crippen LogP contribution in [0.3, 0.4) is 0 Å². The van der Waals surface area contributed by atoms with E-state index in [9.17, 15) is 14.9 Å². The number of aromatic nitrogens is 2. The topological polar surface area (TPSA) is 116 Å². The number of hydrogen-bond acceptors (Lipinski definition) is 8. The Kier molecular flexibility index (Phi) is 9.45. The van der Waals surface area contributed by atoms with Crippen molar-refractivity contribution in [2.24, 2.45) is 0 Å². The number of likely N-dealkylation sites (tertiary alicyclic amines) is 1. The third kappa shape index (κ3) is 7.46. The smallest absolute Gasteiger partial charge is 0.410 e. The molecule has 1 aromatic heterocycles. The van der Waals surface area contributed by atoms with Crippen LogP contribution in [0.4, 0.5) is 4.79 Å². The fourth-order valence-electron chi connectivity index (χ4n) is 6.15. The second-order valence-corrected chi connectivity index (χ2v) is 13.2. The third-order valence-electron chi connectivity index (χ3n) is 8.60. The van der Waals surface area contributed by atoms with Crippen molar-refractivity contribution in [3.63, 3.8) is 0 Å². The first kappa shape index (κ1) is 33.3. The lowest BCUT2D eigenvalue weighted by Crippen LogP contribution is -2.44. The van der Waals surface area contributed by atoms with E-state index in [4.69, 9.17) is 23.9 Å². The molecule has 1 aliphatic rings. The number of rotatable bonds is 8. The lowest BCUT2D eigenvalue weighted by molar-refractivity contribution is 0.0123. The van der Waals surface area contributed by atoms with Crippen molar-refractivity contribution >= 4 is 33.9 Å². The van der Waals surface area contributed by atoms with Crippen molar-refractivity contribution < 1.29 is 28.5 Å². The van der Waals surface area contributed by atoms with Crippen LogP contribution >= 0.6 is 0 Å². The maximum Gasteiger partial charge on any atom is 0.410 e. The summed E-state index contributed by atoms with van der Waals surface area (Å²) in [6, 6.07) is 25.1. The molecule has 0 atom stereocenters. The molecule has 6 rings (SSSR count). The molecular weight excluding hydrogens is 620 g/mol. The lowest BCUT2D eigenvalue weighted by Gasteiger charge is -2.33. The zero-order valence-electron chi connectivity index (χ0n) is 28.5. The van der Waals surface area contributed by atoms with Crippen LogP contribution in [0.2, 0.25) is 0 Å². The molecule has 0 saturated carbocycles. The number of benzene rings is 4. The molecule has 0 spiro atoms. The Morgan fingerprint density at radius 2 is 1.71 bits per heavy atom. The number of fused-ring (bicyclic) bond motifs is 2. The van der Waals surface area contributed by atoms with E-state index in [1.807, 2.05) is 82.3 Å². The van der Waals surface area contributed by atoms with E-state index in [1.54, 1.807) is 23.1 Å². The maximum atomic E-state index is 12.7. The molecule has 2 heterocycles. The number of methoxy groups -OCH3 is 1. The van der Waals surface area contributed by atoms with Crippen molar-refractivity contribution in [2.45, 2.75) is 65.4 Å². The first-order valence-corrected chi connectivity index (χ1v) is 16.4. The van der Waals surface area contributed by atoms with E-state index in [-0.39, 0.29) is 18.8 Å². The molecule has 252 valence electrons. The molecular formula is C39H40N4O6. The van der Waals surface area contributed by atoms with E-state index in [2.05, 4.69) is 10.6 Å². The number of aryl methyl sites for hydroxylation is 1. The Hall–Kier alpha value is -5.56. The van der Waals surface area contributed by atoms with Crippen molar-refractivity contribution in [2.75, 3.05) is 20.2 Å². The molecule has 0 aliphatic carbocycles. The van der Waals surface area contributed by atoms with Gasteiger partial charge < -0.3 is 28.4 Å². The molecule has 0 bridgehead atoms. The number of piperidine rings is 1. The minimum atomic E-state index is -0.562. The average Bonchev–Trinajstić information content (AvgIpc) is 3.39. The highest BCUT2D eigenvalue weighted by Crippen LogP contribution is 2.36. The summed E-state index contributed by atoms with van der Waals surface area (Å²) in [6.45, 7) is 9.32. The van der Waals surface area contributed by atoms with E-state index < -0.39 is 11.6 Å². The van der Waals surface area contributed by atoms with Crippen LogP contribution in [-0.4, -0.2) is 58.4 Å². The normalized spacial score (nSPS) is 13.7. The van der Waals surface area contributed by atoms with Crippen LogP contribution in [0.15, 0.2) is 72.8 Å². The van der Waals surface area contributed by atoms with Gasteiger partial charge in [0.1, 0.15) is 24.1 Å². The standard InChI is InChI=1S/C39H40N4O6/c1-25-41-33-20-35(47-24-26-9-8-10-27(19-26)37(44)46-5)36(48-30-15-17-42(18-16-30)38(45)49-39(2,3)4)21-34(33)43(25)23-29-14-13-28(22-40)31-11-6-7-12-32(29)31/h6-14,19-21,30H,15-18,23-24H2,1-5H3. The van der Waals surface area contributed by atoms with E-state index in [0.717, 1.165) is 38.8 Å². The molecule has 1 fully saturated rings. The molecule has 0 unspecified atom stereocenters. The minimum absolute atomic E-state index is 0.152. The fourth-order valence-corrected chi connectivity index (χ4v) is 6.15. The number of nitriles is 1. The number of esters is 1. The van der Waals surface area contributed by atoms with Gasteiger partial charge in [0.05, 0.1) is 35.3 Å². The van der Waals surface area contributed by atoms with E-state index in [0.29, 0.717) is 55.1 Å². The maximum absolute atomic E-state index is 12.7. The summed E-state index contributed by atoms with van der Waals surface area (Å²) < 4.78 is 25.6. The van der Waals surface area contributed by atoms with Crippen LogP contribution in [0.5, 0.6) is 11.5 Å². The van der Waals surface area contributed by atoms with Gasteiger partial charge >= 0.3 is 12.1 Å². The fraction of sp³-hybridized carbons (Fsp3) is 0.333. The quantitative estimate of drug-likeness (QED) is 0.157. The van der Waals surface area contributed by atoms with Crippen LogP contribution in [0.25, 0.3) is 21.8 Å². The third-order valence-corrected chi connectivity index (χ3v) is 8.60. The van der Waals surface area contributed by atoms with Gasteiger partial charge in [-0.2, -0.15) is 5.26 Å². The largest absolute Gasteiger partial charge is 0.486 e. The number of carbonyl (C=O) groups is 2. The van der Waals surface area contributed by atoms with E-state index in [1.165, 1.54) is 7.11 Å². The van der Waals surface area contributed by atoms with E-state index >= 15 is 0 Å². The monoisotopic (exact) mass is 660 g/mol. The summed E-state index contributed by atoms with van der Waals surface area (Å²) in [5.74, 6) is 1.50. The van der Waals surface area contributed by atoms with Crippen LogP contribution in [0, 0.1) is 18.3 Å². The predicted octanol–water partition coefficient (Wildman–Crippen LogP) is 7.56. The van der Waals surface area contributed by atoms with Crippen LogP contribution in [-0.2, 0) is 22.6 Å². The summed E-state index contributed by atoms with van der Waals surface area (Å²) >= 11 is 0. The van der Waals surface area contributed by atoms with Gasteiger partial charge in [-0.05, 0) is 67.8 Å². The molecule has 1 saturated heterocycles. The van der Waals surface area contributed by atoms with Gasteiger partial charge in [-0.15, -0.1) is 0 Å². The van der Waals surface area contributed by atoms with Gasteiger partial charge in [0.15, 0.2) is 11.5 Å². The summed E-state index contributed by atoms with van der Waals surface area (Å²) in [5.41, 5.74) is 4.02. The summed E-state index contributed by atoms with van der Waals surface area (Å²) in [4.78, 5) is 31.4. The van der Waals surface area contributed by atoms with Crippen molar-refractivity contribution in [3.05, 3.63) is 101 Å². The Morgan fingerprint density at radius 3 is 2.43 bits per heavy atom. The summed E-state index contributed by atoms with van der Waals surface area (Å²) in [5, 5.41) is 11.6. The number of amides is 1. The van der Waals surface area contributed by atoms with Gasteiger partial charge in [0.2, 0.25) is 0 Å². The Labute approximate surface area is 285 Å². The number of ether oxygens (including phenoxy) is 4. The Bertz CT molecular complexity index is 2060. The number of imidazole rings is 1. The molecule has 10 heteroatoms. The molecule has 1 aliphatic heterocycles. The van der Waals surface area contributed by atoms with Gasteiger partial charge in [-0.1, -0.05) is 42.5 Å². The van der Waals surface area contributed by atoms with Gasteiger partial charge in [-0.25, -0.2) is 14.6 Å². The molecule has 49 heavy (non-hydrogen) atoms. The Balaban J connectivity index is 1.31. The number of hydrogen-bond donors (Lipinski definition) is 0. The molecule has 5 aromatic rings. The molecule has 10 nitrogen and oxygen atoms in total. The van der Waals surface area contributed by atoms with Gasteiger partial charge in [0.25, 0.3) is 0 Å². The van der Waals surface area contributed by atoms with Crippen molar-refractivity contribution in [1.29, 1.82) is 5.26 Å². The zero-order valence-corrected chi connectivity index (χ0v) is 28.5. The molecule has 0 radical (unpaired) electrons. The number of carbonyl (C=O) groups excluding carboxylic acids is 2. The van der Waals surface area contributed by atoms with Gasteiger partial charge in [0, 0.05) is 44.6 Å². The number of nitrogens with zero attached hydrogens (tertiary/aromatic N) is 4. The SMILES string of the molecule is COC(=O)c1cccc(COc2cc3nc(C)n(Cc4ccc(C#N)c5ccccc45)c3cc2OC2CCN(C(=O)OC(C)(C)C)CC2)c1. The zero-order chi connectivity index (χ0) is 34.7. The highest BCUT2D eigenvalue weighted by atomic mass is 16.6. The van der Waals surface area contributed by atoms with Crippen molar-refractivity contribution in [1.82, 2.24) is 14.5 Å². The highest BCUT2D eigenvalue weighted by molar-refractivity contribution is 5.91. The van der Waals surface area contributed by atoms with Crippen molar-refractivity contribution in [3.8, 4) is 17.6 Å². The Morgan fingerprint density at radius 1 is 0.959 bits per heavy atom. The predicted molar refractivity (Wildman–Crippen MR) is 186 cm³/mol. The molecule has 0 N–H and O–H groups in total. The summed E-state index contributed by atoms with van der Waals surface area (Å²) in [6.07, 6.45) is 0.794.